The van der Waals surface area contributed by atoms with Gasteiger partial charge in [-0.3, -0.25) is 9.59 Å². The van der Waals surface area contributed by atoms with Crippen LogP contribution >= 0.6 is 0 Å². The molecule has 19 heavy (non-hydrogen) atoms. The van der Waals surface area contributed by atoms with E-state index in [1.807, 2.05) is 0 Å². The van der Waals surface area contributed by atoms with Crippen molar-refractivity contribution in [1.82, 2.24) is 9.47 Å². The molecule has 0 saturated heterocycles. The molecule has 0 aromatic carbocycles. The van der Waals surface area contributed by atoms with Gasteiger partial charge in [-0.05, 0) is 19.1 Å². The Morgan fingerprint density at radius 1 is 1.47 bits per heavy atom. The summed E-state index contributed by atoms with van der Waals surface area (Å²) in [5, 5.41) is 0. The van der Waals surface area contributed by atoms with E-state index in [1.54, 1.807) is 6.92 Å². The molecule has 1 rings (SSSR count). The van der Waals surface area contributed by atoms with E-state index in [1.165, 1.54) is 34.9 Å². The maximum atomic E-state index is 12.4. The fourth-order valence-electron chi connectivity index (χ4n) is 1.63. The molecule has 0 bridgehead atoms. The van der Waals surface area contributed by atoms with Crippen molar-refractivity contribution in [2.75, 3.05) is 20.2 Å². The summed E-state index contributed by atoms with van der Waals surface area (Å²) in [6.45, 7) is 1.23. The van der Waals surface area contributed by atoms with Crippen molar-refractivity contribution in [3.05, 3.63) is 24.0 Å². The van der Waals surface area contributed by atoms with Crippen LogP contribution in [0.1, 0.15) is 17.4 Å². The van der Waals surface area contributed by atoms with Crippen molar-refractivity contribution in [3.8, 4) is 0 Å². The molecule has 0 radical (unpaired) electrons. The van der Waals surface area contributed by atoms with Crippen LogP contribution in [0, 0.1) is 0 Å². The van der Waals surface area contributed by atoms with Crippen LogP contribution in [0.15, 0.2) is 18.3 Å². The third-order valence-electron chi connectivity index (χ3n) is 2.60. The first kappa shape index (κ1) is 15.1. The van der Waals surface area contributed by atoms with Crippen LogP contribution in [0.3, 0.4) is 0 Å². The summed E-state index contributed by atoms with van der Waals surface area (Å²) in [7, 11) is 1.22. The van der Waals surface area contributed by atoms with E-state index in [9.17, 15) is 18.4 Å². The topological polar surface area (TPSA) is 51.5 Å². The van der Waals surface area contributed by atoms with Gasteiger partial charge in [0, 0.05) is 12.7 Å². The van der Waals surface area contributed by atoms with Gasteiger partial charge in [0.1, 0.15) is 12.2 Å². The molecular weight excluding hydrogens is 258 g/mol. The lowest BCUT2D eigenvalue weighted by atomic mass is 10.3. The summed E-state index contributed by atoms with van der Waals surface area (Å²) >= 11 is 0. The van der Waals surface area contributed by atoms with E-state index in [0.717, 1.165) is 0 Å². The van der Waals surface area contributed by atoms with E-state index in [2.05, 4.69) is 4.74 Å². The molecule has 0 N–H and O–H groups in total. The first-order valence-electron chi connectivity index (χ1n) is 5.79. The lowest BCUT2D eigenvalue weighted by Crippen LogP contribution is -2.37. The van der Waals surface area contributed by atoms with E-state index in [0.29, 0.717) is 0 Å². The highest BCUT2D eigenvalue weighted by molar-refractivity contribution is 5.94. The molecule has 0 spiro atoms. The lowest BCUT2D eigenvalue weighted by Gasteiger charge is -2.20. The number of alkyl halides is 2. The van der Waals surface area contributed by atoms with E-state index in [4.69, 9.17) is 0 Å². The minimum absolute atomic E-state index is 0.131. The second-order valence-corrected chi connectivity index (χ2v) is 3.83. The van der Waals surface area contributed by atoms with Gasteiger partial charge < -0.3 is 14.2 Å². The summed E-state index contributed by atoms with van der Waals surface area (Å²) < 4.78 is 30.4. The van der Waals surface area contributed by atoms with Gasteiger partial charge in [-0.1, -0.05) is 0 Å². The molecule has 106 valence electrons. The number of nitrogens with zero attached hydrogens (tertiary/aromatic N) is 2. The van der Waals surface area contributed by atoms with Crippen LogP contribution in [-0.4, -0.2) is 48.0 Å². The summed E-state index contributed by atoms with van der Waals surface area (Å²) in [6.07, 6.45) is -1.14. The Morgan fingerprint density at radius 2 is 2.16 bits per heavy atom. The monoisotopic (exact) mass is 274 g/mol. The van der Waals surface area contributed by atoms with E-state index < -0.39 is 24.8 Å². The van der Waals surface area contributed by atoms with E-state index >= 15 is 0 Å². The molecule has 0 fully saturated rings. The Hall–Kier alpha value is -1.92. The molecule has 1 heterocycles. The maximum absolute atomic E-state index is 12.4. The highest BCUT2D eigenvalue weighted by Crippen LogP contribution is 2.09. The number of esters is 1. The Morgan fingerprint density at radius 3 is 2.68 bits per heavy atom. The number of rotatable bonds is 6. The second-order valence-electron chi connectivity index (χ2n) is 3.83. The number of carbonyl (C=O) groups excluding carboxylic acids is 2. The highest BCUT2D eigenvalue weighted by Gasteiger charge is 2.21. The van der Waals surface area contributed by atoms with Crippen molar-refractivity contribution in [3.63, 3.8) is 0 Å². The minimum atomic E-state index is -2.55. The predicted octanol–water partition coefficient (Wildman–Crippen LogP) is 1.39. The van der Waals surface area contributed by atoms with Gasteiger partial charge in [0.25, 0.3) is 12.3 Å². The van der Waals surface area contributed by atoms with Gasteiger partial charge in [-0.2, -0.15) is 0 Å². The van der Waals surface area contributed by atoms with Gasteiger partial charge in [-0.15, -0.1) is 0 Å². The molecule has 1 amide bonds. The number of amides is 1. The smallest absolute Gasteiger partial charge is 0.325 e. The normalized spacial score (nSPS) is 10.6. The third kappa shape index (κ3) is 4.04. The Balaban J connectivity index is 2.85. The average Bonchev–Trinajstić information content (AvgIpc) is 2.81. The number of carbonyl (C=O) groups is 2. The van der Waals surface area contributed by atoms with Crippen LogP contribution in [-0.2, 0) is 16.1 Å². The molecule has 0 unspecified atom stereocenters. The van der Waals surface area contributed by atoms with Gasteiger partial charge in [0.05, 0.1) is 13.7 Å². The van der Waals surface area contributed by atoms with Crippen molar-refractivity contribution >= 4 is 11.9 Å². The van der Waals surface area contributed by atoms with Crippen LogP contribution in [0.5, 0.6) is 0 Å². The zero-order valence-electron chi connectivity index (χ0n) is 10.8. The summed E-state index contributed by atoms with van der Waals surface area (Å²) in [5.74, 6) is -1.03. The number of hydrogen-bond acceptors (Lipinski definition) is 3. The van der Waals surface area contributed by atoms with Crippen LogP contribution in [0.4, 0.5) is 8.78 Å². The van der Waals surface area contributed by atoms with E-state index in [-0.39, 0.29) is 18.8 Å². The molecule has 0 aliphatic heterocycles. The highest BCUT2D eigenvalue weighted by atomic mass is 19.3. The standard InChI is InChI=1S/C12H16F2N2O3/c1-3-15(8-11(17)19-2)12(18)9-5-4-6-16(9)7-10(13)14/h4-6,10H,3,7-8H2,1-2H3. The minimum Gasteiger partial charge on any atom is -0.468 e. The van der Waals surface area contributed by atoms with Gasteiger partial charge in [-0.25, -0.2) is 8.78 Å². The van der Waals surface area contributed by atoms with Crippen molar-refractivity contribution < 1.29 is 23.1 Å². The summed E-state index contributed by atoms with van der Waals surface area (Å²) in [6, 6.07) is 2.96. The molecule has 0 aliphatic carbocycles. The fraction of sp³-hybridized carbons (Fsp3) is 0.500. The van der Waals surface area contributed by atoms with Crippen molar-refractivity contribution in [2.24, 2.45) is 0 Å². The zero-order chi connectivity index (χ0) is 14.4. The van der Waals surface area contributed by atoms with Crippen molar-refractivity contribution in [1.29, 1.82) is 0 Å². The number of methoxy groups -OCH3 is 1. The first-order valence-corrected chi connectivity index (χ1v) is 5.79. The quantitative estimate of drug-likeness (QED) is 0.737. The second kappa shape index (κ2) is 6.86. The Kier molecular flexibility index (Phi) is 5.47. The molecule has 1 aromatic rings. The summed E-state index contributed by atoms with van der Waals surface area (Å²) in [5.41, 5.74) is 0.131. The number of aromatic nitrogens is 1. The first-order chi connectivity index (χ1) is 8.99. The number of hydrogen-bond donors (Lipinski definition) is 0. The molecular formula is C12H16F2N2O3. The Labute approximate surface area is 109 Å². The molecule has 1 aromatic heterocycles. The predicted molar refractivity (Wildman–Crippen MR) is 64.0 cm³/mol. The zero-order valence-corrected chi connectivity index (χ0v) is 10.8. The fourth-order valence-corrected chi connectivity index (χ4v) is 1.63. The van der Waals surface area contributed by atoms with Crippen LogP contribution in [0.2, 0.25) is 0 Å². The average molecular weight is 274 g/mol. The van der Waals surface area contributed by atoms with Crippen LogP contribution < -0.4 is 0 Å². The van der Waals surface area contributed by atoms with Gasteiger partial charge >= 0.3 is 5.97 Å². The molecule has 5 nitrogen and oxygen atoms in total. The lowest BCUT2D eigenvalue weighted by molar-refractivity contribution is -0.141. The van der Waals surface area contributed by atoms with Gasteiger partial charge in [0.2, 0.25) is 0 Å². The van der Waals surface area contributed by atoms with Crippen LogP contribution in [0.25, 0.3) is 0 Å². The number of ether oxygens (including phenoxy) is 1. The largest absolute Gasteiger partial charge is 0.468 e. The molecule has 0 atom stereocenters. The number of halogens is 2. The molecule has 0 saturated carbocycles. The SMILES string of the molecule is CCN(CC(=O)OC)C(=O)c1cccn1CC(F)F. The third-order valence-corrected chi connectivity index (χ3v) is 2.60. The maximum Gasteiger partial charge on any atom is 0.325 e. The number of likely N-dealkylation sites (N-methyl/N-ethyl adjacent to an activating group) is 1. The van der Waals surface area contributed by atoms with Crippen molar-refractivity contribution in [2.45, 2.75) is 19.9 Å². The molecule has 7 heteroatoms. The van der Waals surface area contributed by atoms with Gasteiger partial charge in [0.15, 0.2) is 0 Å². The summed E-state index contributed by atoms with van der Waals surface area (Å²) in [4.78, 5) is 24.6. The Bertz CT molecular complexity index is 446. The molecule has 0 aliphatic rings.